The highest BCUT2D eigenvalue weighted by Crippen LogP contribution is 2.38. The van der Waals surface area contributed by atoms with Gasteiger partial charge in [0.2, 0.25) is 10.0 Å². The maximum absolute atomic E-state index is 14.6. The van der Waals surface area contributed by atoms with Gasteiger partial charge in [-0.3, -0.25) is 18.8 Å². The number of halogens is 3. The third-order valence-electron chi connectivity index (χ3n) is 8.53. The zero-order valence-electron chi connectivity index (χ0n) is 28.6. The number of Topliss-reactive ketones (excluding diaryl/α,β-unsaturated/α-hetero) is 1. The number of carbonyl (C=O) groups is 2. The quantitative estimate of drug-likeness (QED) is 0.152. The first kappa shape index (κ1) is 36.9. The van der Waals surface area contributed by atoms with Crippen molar-refractivity contribution in [3.63, 3.8) is 0 Å². The van der Waals surface area contributed by atoms with Crippen molar-refractivity contribution in [1.82, 2.24) is 24.6 Å². The molecule has 0 aliphatic heterocycles. The number of amides is 1. The first-order valence-electron chi connectivity index (χ1n) is 15.8. The number of anilines is 1. The summed E-state index contributed by atoms with van der Waals surface area (Å²) in [5.74, 6) is -1.83. The van der Waals surface area contributed by atoms with Gasteiger partial charge in [0.15, 0.2) is 11.6 Å². The summed E-state index contributed by atoms with van der Waals surface area (Å²) in [5.41, 5.74) is 0.475. The molecule has 0 aliphatic carbocycles. The number of fused-ring (bicyclic) bond motifs is 2. The Labute approximate surface area is 306 Å². The van der Waals surface area contributed by atoms with Gasteiger partial charge in [-0.05, 0) is 66.6 Å². The topological polar surface area (TPSA) is 166 Å². The zero-order chi connectivity index (χ0) is 38.4. The van der Waals surface area contributed by atoms with E-state index in [4.69, 9.17) is 16.3 Å². The number of nitrogens with zero attached hydrogens (tertiary/aromatic N) is 5. The van der Waals surface area contributed by atoms with Crippen LogP contribution in [0.2, 0.25) is 5.02 Å². The highest BCUT2D eigenvalue weighted by molar-refractivity contribution is 7.92. The van der Waals surface area contributed by atoms with Crippen molar-refractivity contribution in [3.8, 4) is 11.4 Å². The molecule has 2 aromatic heterocycles. The van der Waals surface area contributed by atoms with Crippen LogP contribution in [0.3, 0.4) is 0 Å². The number of carboxylic acid groups (broad SMARTS) is 1. The van der Waals surface area contributed by atoms with Gasteiger partial charge in [-0.2, -0.15) is 5.10 Å². The molecule has 2 N–H and O–H groups in total. The molecule has 6 aromatic rings. The Hall–Kier alpha value is -5.87. The second-order valence-electron chi connectivity index (χ2n) is 12.2. The molecule has 0 radical (unpaired) electrons. The Bertz CT molecular complexity index is 2590. The van der Waals surface area contributed by atoms with Gasteiger partial charge in [-0.25, -0.2) is 31.3 Å². The van der Waals surface area contributed by atoms with Crippen molar-refractivity contribution in [2.24, 2.45) is 7.05 Å². The van der Waals surface area contributed by atoms with Crippen molar-refractivity contribution in [2.45, 2.75) is 25.9 Å². The number of hydrogen-bond donors (Lipinski definition) is 2. The number of ketones is 1. The minimum absolute atomic E-state index is 0.0473. The molecule has 0 unspecified atom stereocenters. The van der Waals surface area contributed by atoms with Crippen molar-refractivity contribution >= 4 is 61.1 Å². The van der Waals surface area contributed by atoms with E-state index in [0.29, 0.717) is 17.4 Å². The molecule has 6 rings (SSSR count). The molecule has 53 heavy (non-hydrogen) atoms. The molecule has 1 amide bonds. The molecule has 0 fully saturated rings. The summed E-state index contributed by atoms with van der Waals surface area (Å²) >= 11 is 6.77. The molecule has 0 spiro atoms. The Kier molecular flexibility index (Phi) is 9.94. The molecule has 2 heterocycles. The molecular formula is C36H31ClF2N6O7S. The van der Waals surface area contributed by atoms with E-state index in [-0.39, 0.29) is 74.0 Å². The number of rotatable bonds is 11. The standard InChI is InChI=1S/C36H31ClF2N6O7S/c1-19(46)22-7-10-26-28(16-22)40-33(29(41-36(48)49)15-21-13-23(38)17-24(39)14-21)45(35(26)47)30-12-11-27(37)31-32(30)43(2)42-34(31)44(53(4,50)51)18-20-5-8-25(52-3)9-6-20/h5-14,16-17,29,41H,15,18H2,1-4H3,(H,48,49)/t29-/m0/s1. The second-order valence-corrected chi connectivity index (χ2v) is 14.6. The van der Waals surface area contributed by atoms with Gasteiger partial charge in [0.05, 0.1) is 58.5 Å². The van der Waals surface area contributed by atoms with E-state index in [9.17, 15) is 36.7 Å². The smallest absolute Gasteiger partial charge is 0.405 e. The van der Waals surface area contributed by atoms with Crippen LogP contribution < -0.4 is 19.9 Å². The summed E-state index contributed by atoms with van der Waals surface area (Å²) in [4.78, 5) is 43.7. The molecule has 0 saturated carbocycles. The highest BCUT2D eigenvalue weighted by Gasteiger charge is 2.30. The van der Waals surface area contributed by atoms with Crippen LogP contribution in [0.15, 0.2) is 77.6 Å². The first-order chi connectivity index (χ1) is 25.0. The number of methoxy groups -OCH3 is 1. The van der Waals surface area contributed by atoms with Crippen LogP contribution in [-0.2, 0) is 30.0 Å². The molecule has 0 saturated heterocycles. The van der Waals surface area contributed by atoms with Crippen LogP contribution in [0.4, 0.5) is 19.4 Å². The van der Waals surface area contributed by atoms with Crippen LogP contribution >= 0.6 is 11.6 Å². The molecule has 274 valence electrons. The van der Waals surface area contributed by atoms with Crippen molar-refractivity contribution in [3.05, 3.63) is 122 Å². The van der Waals surface area contributed by atoms with E-state index in [1.54, 1.807) is 24.3 Å². The van der Waals surface area contributed by atoms with Crippen molar-refractivity contribution in [1.29, 1.82) is 0 Å². The number of benzene rings is 4. The van der Waals surface area contributed by atoms with Gasteiger partial charge in [-0.1, -0.05) is 29.8 Å². The lowest BCUT2D eigenvalue weighted by Crippen LogP contribution is -2.35. The zero-order valence-corrected chi connectivity index (χ0v) is 30.2. The van der Waals surface area contributed by atoms with E-state index in [0.717, 1.165) is 27.3 Å². The number of carbonyl (C=O) groups excluding carboxylic acids is 1. The van der Waals surface area contributed by atoms with Gasteiger partial charge in [0.1, 0.15) is 23.2 Å². The van der Waals surface area contributed by atoms with Crippen LogP contribution in [0.25, 0.3) is 27.5 Å². The maximum atomic E-state index is 14.6. The molecule has 1 atom stereocenters. The Balaban J connectivity index is 1.64. The Morgan fingerprint density at radius 3 is 2.30 bits per heavy atom. The number of aryl methyl sites for hydroxylation is 1. The number of sulfonamides is 1. The molecular weight excluding hydrogens is 734 g/mol. The summed E-state index contributed by atoms with van der Waals surface area (Å²) in [7, 11) is -0.988. The SMILES string of the molecule is COc1ccc(CN(c2nn(C)c3c(-n4c([C@H](Cc5cc(F)cc(F)c5)NC(=O)O)nc5cc(C(C)=O)ccc5c4=O)ccc(Cl)c23)S(C)(=O)=O)cc1. The van der Waals surface area contributed by atoms with E-state index < -0.39 is 39.4 Å². The fourth-order valence-electron chi connectivity index (χ4n) is 6.15. The van der Waals surface area contributed by atoms with Crippen LogP contribution in [0, 0.1) is 11.6 Å². The molecule has 0 bridgehead atoms. The van der Waals surface area contributed by atoms with Crippen molar-refractivity contribution in [2.75, 3.05) is 17.7 Å². The molecule has 4 aromatic carbocycles. The molecule has 0 aliphatic rings. The van der Waals surface area contributed by atoms with Gasteiger partial charge in [0.25, 0.3) is 5.56 Å². The minimum atomic E-state index is -4.01. The van der Waals surface area contributed by atoms with Gasteiger partial charge in [0, 0.05) is 25.1 Å². The van der Waals surface area contributed by atoms with Crippen LogP contribution in [-0.4, -0.2) is 58.1 Å². The lowest BCUT2D eigenvalue weighted by molar-refractivity contribution is 0.101. The normalized spacial score (nSPS) is 12.2. The average molecular weight is 765 g/mol. The monoisotopic (exact) mass is 764 g/mol. The highest BCUT2D eigenvalue weighted by atomic mass is 35.5. The van der Waals surface area contributed by atoms with Crippen LogP contribution in [0.1, 0.15) is 40.3 Å². The van der Waals surface area contributed by atoms with E-state index in [1.165, 1.54) is 56.1 Å². The maximum Gasteiger partial charge on any atom is 0.405 e. The van der Waals surface area contributed by atoms with E-state index in [1.807, 2.05) is 0 Å². The fourth-order valence-corrected chi connectivity index (χ4v) is 7.21. The number of nitrogens with one attached hydrogen (secondary N) is 1. The third kappa shape index (κ3) is 7.41. The van der Waals surface area contributed by atoms with E-state index in [2.05, 4.69) is 15.4 Å². The van der Waals surface area contributed by atoms with Gasteiger partial charge >= 0.3 is 6.09 Å². The van der Waals surface area contributed by atoms with Gasteiger partial charge < -0.3 is 15.2 Å². The van der Waals surface area contributed by atoms with Gasteiger partial charge in [-0.15, -0.1) is 0 Å². The van der Waals surface area contributed by atoms with E-state index >= 15 is 0 Å². The number of hydrogen-bond acceptors (Lipinski definition) is 8. The average Bonchev–Trinajstić information content (AvgIpc) is 3.43. The summed E-state index contributed by atoms with van der Waals surface area (Å²) in [6.45, 7) is 1.18. The second kappa shape index (κ2) is 14.3. The Morgan fingerprint density at radius 2 is 1.70 bits per heavy atom. The predicted molar refractivity (Wildman–Crippen MR) is 195 cm³/mol. The largest absolute Gasteiger partial charge is 0.497 e. The Morgan fingerprint density at radius 1 is 1.02 bits per heavy atom. The summed E-state index contributed by atoms with van der Waals surface area (Å²) < 4.78 is 64.0. The van der Waals surface area contributed by atoms with Crippen molar-refractivity contribution < 1.29 is 36.6 Å². The first-order valence-corrected chi connectivity index (χ1v) is 18.1. The predicted octanol–water partition coefficient (Wildman–Crippen LogP) is 5.93. The number of aromatic nitrogens is 4. The molecule has 17 heteroatoms. The summed E-state index contributed by atoms with van der Waals surface area (Å²) in [6.07, 6.45) is -0.878. The molecule has 13 nitrogen and oxygen atoms in total. The summed E-state index contributed by atoms with van der Waals surface area (Å²) in [5, 5.41) is 17.1. The lowest BCUT2D eigenvalue weighted by atomic mass is 10.0. The summed E-state index contributed by atoms with van der Waals surface area (Å²) in [6, 6.07) is 15.2. The van der Waals surface area contributed by atoms with Crippen LogP contribution in [0.5, 0.6) is 5.75 Å². The lowest BCUT2D eigenvalue weighted by Gasteiger charge is -2.23. The minimum Gasteiger partial charge on any atom is -0.497 e. The number of ether oxygens (including phenoxy) is 1. The third-order valence-corrected chi connectivity index (χ3v) is 9.95. The fraction of sp³-hybridized carbons (Fsp3) is 0.194.